The third kappa shape index (κ3) is 8.53. The number of ketones is 1. The number of anilines is 2. The Hall–Kier alpha value is -3.23. The molecule has 0 bridgehead atoms. The summed E-state index contributed by atoms with van der Waals surface area (Å²) in [7, 11) is 0. The number of Topliss-reactive ketones (excluding diaryl/α,β-unsaturated/α-hetero) is 1. The van der Waals surface area contributed by atoms with Crippen LogP contribution in [-0.2, 0) is 24.3 Å². The largest absolute Gasteiger partial charge is 0.486 e. The van der Waals surface area contributed by atoms with Crippen molar-refractivity contribution >= 4 is 31.0 Å². The molecule has 0 aliphatic carbocycles. The number of nitrogens with zero attached hydrogens (tertiary/aromatic N) is 6. The maximum Gasteiger partial charge on any atom is 0.228 e. The van der Waals surface area contributed by atoms with Gasteiger partial charge in [0.1, 0.15) is 23.9 Å². The minimum atomic E-state index is -0.610. The van der Waals surface area contributed by atoms with Gasteiger partial charge in [-0.15, -0.1) is 0 Å². The first kappa shape index (κ1) is 33.1. The van der Waals surface area contributed by atoms with Crippen LogP contribution in [0.3, 0.4) is 0 Å². The van der Waals surface area contributed by atoms with E-state index in [2.05, 4.69) is 49.0 Å². The Kier molecular flexibility index (Phi) is 11.3. The summed E-state index contributed by atoms with van der Waals surface area (Å²) in [5.41, 5.74) is 3.72. The third-order valence-electron chi connectivity index (χ3n) is 8.75. The maximum atomic E-state index is 13.3. The number of β-amino-alcohol motifs (C(OH)–C–C–N with tert-alkyl or cyclic N) is 1. The quantitative estimate of drug-likeness (QED) is 0.267. The van der Waals surface area contributed by atoms with Crippen molar-refractivity contribution in [2.75, 3.05) is 69.2 Å². The van der Waals surface area contributed by atoms with Crippen LogP contribution in [0.25, 0.3) is 0 Å². The van der Waals surface area contributed by atoms with Crippen molar-refractivity contribution in [3.05, 3.63) is 58.9 Å². The number of aryl methyl sites for hydroxylation is 1. The SMILES string of the molecule is CCN1CCN(c2nc(NC3COC3)cc(C(=O)CC[C@H](O)CN3CCc4cc(OCc5ocnc5C)ccc4C3)n2)CC1.S. The molecule has 0 unspecified atom stereocenters. The van der Waals surface area contributed by atoms with E-state index in [9.17, 15) is 9.90 Å². The molecule has 2 aromatic heterocycles. The lowest BCUT2D eigenvalue weighted by Gasteiger charge is -2.34. The molecule has 2 N–H and O–H groups in total. The number of fused-ring (bicyclic) bond motifs is 1. The molecule has 3 aliphatic rings. The molecule has 13 heteroatoms. The predicted octanol–water partition coefficient (Wildman–Crippen LogP) is 2.80. The van der Waals surface area contributed by atoms with Crippen molar-refractivity contribution in [3.8, 4) is 5.75 Å². The Morgan fingerprint density at radius 3 is 2.64 bits per heavy atom. The second-order valence-corrected chi connectivity index (χ2v) is 11.9. The van der Waals surface area contributed by atoms with E-state index in [4.69, 9.17) is 18.9 Å². The summed E-state index contributed by atoms with van der Waals surface area (Å²) < 4.78 is 16.6. The normalized spacial score (nSPS) is 18.1. The molecule has 1 atom stereocenters. The topological polar surface area (TPSA) is 129 Å². The Labute approximate surface area is 271 Å². The molecule has 3 aromatic rings. The number of aliphatic hydroxyl groups is 1. The lowest BCUT2D eigenvalue weighted by Crippen LogP contribution is -2.47. The van der Waals surface area contributed by atoms with Gasteiger partial charge in [0.15, 0.2) is 17.9 Å². The molecule has 2 saturated heterocycles. The summed E-state index contributed by atoms with van der Waals surface area (Å²) in [6.45, 7) is 12.3. The number of rotatable bonds is 13. The van der Waals surface area contributed by atoms with E-state index in [0.717, 1.165) is 69.4 Å². The second-order valence-electron chi connectivity index (χ2n) is 11.9. The molecule has 0 radical (unpaired) electrons. The Balaban J connectivity index is 0.00000400. The average molecular weight is 640 g/mol. The number of likely N-dealkylation sites (N-methyl/N-ethyl adjacent to an activating group) is 1. The minimum Gasteiger partial charge on any atom is -0.486 e. The lowest BCUT2D eigenvalue weighted by atomic mass is 9.98. The summed E-state index contributed by atoms with van der Waals surface area (Å²) in [6.07, 6.45) is 2.30. The smallest absolute Gasteiger partial charge is 0.228 e. The van der Waals surface area contributed by atoms with Gasteiger partial charge in [-0.25, -0.2) is 9.97 Å². The Bertz CT molecular complexity index is 1430. The first-order valence-electron chi connectivity index (χ1n) is 15.7. The van der Waals surface area contributed by atoms with Gasteiger partial charge in [0.05, 0.1) is 31.1 Å². The number of aliphatic hydroxyl groups excluding tert-OH is 1. The zero-order chi connectivity index (χ0) is 30.5. The van der Waals surface area contributed by atoms with Crippen molar-refractivity contribution in [2.24, 2.45) is 0 Å². The molecular formula is C32H45N7O5S. The Morgan fingerprint density at radius 1 is 1.11 bits per heavy atom. The van der Waals surface area contributed by atoms with Crippen molar-refractivity contribution in [1.29, 1.82) is 0 Å². The van der Waals surface area contributed by atoms with E-state index >= 15 is 0 Å². The standard InChI is InChI=1S/C32H43N7O5.H2S/c1-3-37-10-12-39(13-11-37)32-35-28(15-31(36-32)34-25-18-42-19-25)29(41)7-5-26(40)17-38-9-8-23-14-27(6-4-24(23)16-38)43-20-30-22(2)33-21-44-30;/h4,6,14-15,21,25-26,40H,3,5,7-13,16-20H2,1-2H3,(H,34,35,36);1H2/t26-;/m0./s1. The minimum absolute atomic E-state index is 0. The van der Waals surface area contributed by atoms with Gasteiger partial charge >= 0.3 is 0 Å². The predicted molar refractivity (Wildman–Crippen MR) is 176 cm³/mol. The number of carbonyl (C=O) groups excluding carboxylic acids is 1. The van der Waals surface area contributed by atoms with Gasteiger partial charge in [0.2, 0.25) is 5.95 Å². The summed E-state index contributed by atoms with van der Waals surface area (Å²) in [4.78, 5) is 33.6. The van der Waals surface area contributed by atoms with Crippen LogP contribution in [0.2, 0.25) is 0 Å². The van der Waals surface area contributed by atoms with Gasteiger partial charge in [-0.2, -0.15) is 18.5 Å². The first-order valence-corrected chi connectivity index (χ1v) is 15.7. The Morgan fingerprint density at radius 2 is 1.93 bits per heavy atom. The molecule has 3 aliphatic heterocycles. The fourth-order valence-corrected chi connectivity index (χ4v) is 5.85. The van der Waals surface area contributed by atoms with E-state index < -0.39 is 6.10 Å². The highest BCUT2D eigenvalue weighted by molar-refractivity contribution is 7.59. The fourth-order valence-electron chi connectivity index (χ4n) is 5.85. The van der Waals surface area contributed by atoms with Crippen LogP contribution in [0.1, 0.15) is 52.8 Å². The number of benzene rings is 1. The summed E-state index contributed by atoms with van der Waals surface area (Å²) in [6, 6.07) is 8.09. The van der Waals surface area contributed by atoms with Gasteiger partial charge < -0.3 is 34.1 Å². The highest BCUT2D eigenvalue weighted by Crippen LogP contribution is 2.26. The summed E-state index contributed by atoms with van der Waals surface area (Å²) in [5.74, 6) is 2.70. The van der Waals surface area contributed by atoms with E-state index in [-0.39, 0.29) is 31.7 Å². The zero-order valence-electron chi connectivity index (χ0n) is 26.2. The van der Waals surface area contributed by atoms with Crippen LogP contribution >= 0.6 is 13.5 Å². The summed E-state index contributed by atoms with van der Waals surface area (Å²) in [5, 5.41) is 14.3. The van der Waals surface area contributed by atoms with Gasteiger partial charge in [0.25, 0.3) is 0 Å². The molecule has 0 saturated carbocycles. The van der Waals surface area contributed by atoms with Crippen molar-refractivity contribution < 1.29 is 23.8 Å². The molecule has 0 spiro atoms. The molecule has 244 valence electrons. The number of hydrogen-bond acceptors (Lipinski definition) is 12. The van der Waals surface area contributed by atoms with Crippen molar-refractivity contribution in [2.45, 2.75) is 58.4 Å². The number of hydrogen-bond donors (Lipinski definition) is 2. The highest BCUT2D eigenvalue weighted by atomic mass is 32.1. The zero-order valence-corrected chi connectivity index (χ0v) is 27.2. The fraction of sp³-hybridized carbons (Fsp3) is 0.562. The van der Waals surface area contributed by atoms with E-state index in [1.807, 2.05) is 13.0 Å². The molecule has 45 heavy (non-hydrogen) atoms. The number of aromatic nitrogens is 3. The number of ether oxygens (including phenoxy) is 2. The van der Waals surface area contributed by atoms with Crippen molar-refractivity contribution in [1.82, 2.24) is 24.8 Å². The monoisotopic (exact) mass is 639 g/mol. The molecule has 0 amide bonds. The number of carbonyl (C=O) groups is 1. The molecular weight excluding hydrogens is 594 g/mol. The maximum absolute atomic E-state index is 13.3. The van der Waals surface area contributed by atoms with Gasteiger partial charge in [0, 0.05) is 58.3 Å². The van der Waals surface area contributed by atoms with E-state index in [1.165, 1.54) is 17.5 Å². The van der Waals surface area contributed by atoms with Crippen LogP contribution in [0, 0.1) is 6.92 Å². The number of piperazine rings is 1. The molecule has 6 rings (SSSR count). The third-order valence-corrected chi connectivity index (χ3v) is 8.75. The van der Waals surface area contributed by atoms with Crippen LogP contribution in [-0.4, -0.2) is 107 Å². The first-order chi connectivity index (χ1) is 21.4. The molecule has 1 aromatic carbocycles. The van der Waals surface area contributed by atoms with Gasteiger partial charge in [-0.05, 0) is 49.6 Å². The average Bonchev–Trinajstić information content (AvgIpc) is 3.44. The second kappa shape index (κ2) is 15.4. The van der Waals surface area contributed by atoms with Crippen LogP contribution in [0.4, 0.5) is 11.8 Å². The number of nitrogens with one attached hydrogen (secondary N) is 1. The van der Waals surface area contributed by atoms with E-state index in [1.54, 1.807) is 6.07 Å². The number of oxazole rings is 1. The van der Waals surface area contributed by atoms with Crippen molar-refractivity contribution in [3.63, 3.8) is 0 Å². The lowest BCUT2D eigenvalue weighted by molar-refractivity contribution is 0.0209. The van der Waals surface area contributed by atoms with E-state index in [0.29, 0.717) is 50.2 Å². The molecule has 2 fully saturated rings. The van der Waals surface area contributed by atoms with Crippen LogP contribution in [0.15, 0.2) is 35.1 Å². The van der Waals surface area contributed by atoms with Crippen LogP contribution in [0.5, 0.6) is 5.75 Å². The molecule has 5 heterocycles. The van der Waals surface area contributed by atoms with Crippen LogP contribution < -0.4 is 15.0 Å². The van der Waals surface area contributed by atoms with Gasteiger partial charge in [-0.3, -0.25) is 9.69 Å². The highest BCUT2D eigenvalue weighted by Gasteiger charge is 2.25. The summed E-state index contributed by atoms with van der Waals surface area (Å²) >= 11 is 0. The van der Waals surface area contributed by atoms with Gasteiger partial charge in [-0.1, -0.05) is 13.0 Å². The molecule has 12 nitrogen and oxygen atoms in total.